The molecule has 14 N–H and O–H groups in total. The number of nitrogens with two attached hydrogens (primary N) is 3. The minimum absolute atomic E-state index is 0.0309. The third-order valence-electron chi connectivity index (χ3n) is 9.11. The number of aliphatic hydroxyl groups is 1. The molecule has 3 rings (SSSR count). The van der Waals surface area contributed by atoms with Crippen LogP contribution in [-0.4, -0.2) is 118 Å². The molecule has 18 nitrogen and oxygen atoms in total. The van der Waals surface area contributed by atoms with Crippen LogP contribution in [0.3, 0.4) is 0 Å². The summed E-state index contributed by atoms with van der Waals surface area (Å²) in [7, 11) is 0. The Kier molecular flexibility index (Phi) is 19.5. The van der Waals surface area contributed by atoms with Gasteiger partial charge in [0.2, 0.25) is 41.4 Å². The van der Waals surface area contributed by atoms with Crippen LogP contribution in [0, 0.1) is 0 Å². The van der Waals surface area contributed by atoms with Gasteiger partial charge in [0.05, 0.1) is 18.7 Å². The van der Waals surface area contributed by atoms with Gasteiger partial charge in [0.1, 0.15) is 30.2 Å². The largest absolute Gasteiger partial charge is 0.391 e. The Morgan fingerprint density at radius 3 is 1.95 bits per heavy atom. The van der Waals surface area contributed by atoms with Crippen LogP contribution in [0.5, 0.6) is 0 Å². The maximum atomic E-state index is 14.0. The van der Waals surface area contributed by atoms with E-state index in [0.717, 1.165) is 16.5 Å². The lowest BCUT2D eigenvalue weighted by Gasteiger charge is -2.26. The number of unbranched alkanes of at least 4 members (excludes halogenated alkanes) is 1. The Morgan fingerprint density at radius 2 is 1.31 bits per heavy atom. The summed E-state index contributed by atoms with van der Waals surface area (Å²) in [4.78, 5) is 94.6. The first-order valence-electron chi connectivity index (χ1n) is 18.7. The number of thiol groups is 2. The number of para-hydroxylation sites is 1. The second kappa shape index (κ2) is 23.9. The van der Waals surface area contributed by atoms with Crippen LogP contribution in [0.4, 0.5) is 0 Å². The number of aliphatic hydroxyl groups excluding tert-OH is 1. The summed E-state index contributed by atoms with van der Waals surface area (Å²) in [6.45, 7) is 0.988. The lowest BCUT2D eigenvalue weighted by Crippen LogP contribution is -2.60. The van der Waals surface area contributed by atoms with Gasteiger partial charge in [-0.2, -0.15) is 25.3 Å². The number of benzene rings is 2. The van der Waals surface area contributed by atoms with Crippen LogP contribution in [0.2, 0.25) is 0 Å². The van der Waals surface area contributed by atoms with E-state index in [1.54, 1.807) is 6.20 Å². The van der Waals surface area contributed by atoms with Gasteiger partial charge in [0.15, 0.2) is 0 Å². The molecular formula is C38H54N10O8S2. The molecule has 0 bridgehead atoms. The summed E-state index contributed by atoms with van der Waals surface area (Å²) in [6, 6.07) is 9.14. The first-order chi connectivity index (χ1) is 27.7. The first kappa shape index (κ1) is 47.2. The Labute approximate surface area is 347 Å². The number of hydrogen-bond acceptors (Lipinski definition) is 12. The monoisotopic (exact) mass is 842 g/mol. The zero-order chi connectivity index (χ0) is 42.8. The Hall–Kier alpha value is -5.15. The van der Waals surface area contributed by atoms with E-state index in [1.807, 2.05) is 54.6 Å². The molecule has 316 valence electrons. The summed E-state index contributed by atoms with van der Waals surface area (Å²) < 4.78 is 0. The predicted molar refractivity (Wildman–Crippen MR) is 224 cm³/mol. The van der Waals surface area contributed by atoms with E-state index in [2.05, 4.69) is 62.1 Å². The number of amides is 7. The van der Waals surface area contributed by atoms with Gasteiger partial charge >= 0.3 is 0 Å². The van der Waals surface area contributed by atoms with Gasteiger partial charge < -0.3 is 59.2 Å². The van der Waals surface area contributed by atoms with Crippen molar-refractivity contribution in [2.24, 2.45) is 17.2 Å². The molecule has 0 aliphatic rings. The normalized spacial score (nSPS) is 14.7. The van der Waals surface area contributed by atoms with Gasteiger partial charge in [0, 0.05) is 35.0 Å². The van der Waals surface area contributed by atoms with Crippen molar-refractivity contribution < 1.29 is 38.7 Å². The highest BCUT2D eigenvalue weighted by Crippen LogP contribution is 2.19. The zero-order valence-corrected chi connectivity index (χ0v) is 33.9. The van der Waals surface area contributed by atoms with Gasteiger partial charge in [-0.25, -0.2) is 0 Å². The average Bonchev–Trinajstić information content (AvgIpc) is 3.61. The molecule has 0 saturated carbocycles. The summed E-state index contributed by atoms with van der Waals surface area (Å²) in [5, 5.41) is 25.8. The molecule has 0 unspecified atom stereocenters. The maximum Gasteiger partial charge on any atom is 0.244 e. The van der Waals surface area contributed by atoms with Gasteiger partial charge in [-0.1, -0.05) is 48.5 Å². The fraction of sp³-hybridized carbons (Fsp3) is 0.447. The van der Waals surface area contributed by atoms with E-state index < -0.39 is 90.3 Å². The molecule has 7 amide bonds. The minimum Gasteiger partial charge on any atom is -0.391 e. The highest BCUT2D eigenvalue weighted by atomic mass is 32.1. The molecule has 3 aromatic rings. The van der Waals surface area contributed by atoms with Gasteiger partial charge in [-0.05, 0) is 56.3 Å². The molecule has 2 aromatic carbocycles. The van der Waals surface area contributed by atoms with Crippen LogP contribution in [-0.2, 0) is 46.4 Å². The Balaban J connectivity index is 1.75. The predicted octanol–water partition coefficient (Wildman–Crippen LogP) is -2.32. The molecule has 0 aliphatic heterocycles. The highest BCUT2D eigenvalue weighted by Gasteiger charge is 2.32. The molecular weight excluding hydrogens is 789 g/mol. The van der Waals surface area contributed by atoms with E-state index in [4.69, 9.17) is 17.2 Å². The van der Waals surface area contributed by atoms with Crippen molar-refractivity contribution in [3.8, 4) is 0 Å². The number of fused-ring (bicyclic) bond motifs is 1. The standard InChI is InChI=1S/C38H54N10O8S2/c1-21(49)32(33(41)51)48-38(56)30(20-58)47-36(54)27(13-7-8-14-39)45-37(55)28(16-23-17-42-26-12-6-5-11-24(23)26)44-31(50)18-43-35(53)29(19-57)46-34(52)25(40)15-22-9-3-2-4-10-22/h2-6,9-12,17,21,25,27-30,32,42,49,57-58H,7-8,13-16,18-20,39-40H2,1H3,(H2,41,51)(H,43,53)(H,44,50)(H,45,55)(H,46,52)(H,47,54)(H,48,56)/t21-,25-,27+,28-,29+,30+,32+/m1/s1. The number of aromatic nitrogens is 1. The van der Waals surface area contributed by atoms with E-state index in [1.165, 1.54) is 6.92 Å². The van der Waals surface area contributed by atoms with E-state index in [-0.39, 0.29) is 30.8 Å². The third kappa shape index (κ3) is 14.7. The fourth-order valence-electron chi connectivity index (χ4n) is 5.88. The topological polar surface area (TPSA) is 306 Å². The van der Waals surface area contributed by atoms with Gasteiger partial charge in [-0.3, -0.25) is 33.6 Å². The molecule has 0 fully saturated rings. The number of primary amides is 1. The summed E-state index contributed by atoms with van der Waals surface area (Å²) >= 11 is 8.34. The van der Waals surface area contributed by atoms with E-state index >= 15 is 0 Å². The molecule has 0 aliphatic carbocycles. The number of H-pyrrole nitrogens is 1. The SMILES string of the molecule is C[C@@H](O)[C@H](NC(=O)[C@H](CS)NC(=O)[C@H](CCCCN)NC(=O)[C@@H](Cc1c[nH]c2ccccc12)NC(=O)CNC(=O)[C@H](CS)NC(=O)[C@H](N)Cc1ccccc1)C(N)=O. The summed E-state index contributed by atoms with van der Waals surface area (Å²) in [6.07, 6.45) is 1.58. The number of aromatic amines is 1. The van der Waals surface area contributed by atoms with Crippen LogP contribution in [0.25, 0.3) is 10.9 Å². The Morgan fingerprint density at radius 1 is 0.724 bits per heavy atom. The van der Waals surface area contributed by atoms with Crippen LogP contribution < -0.4 is 49.1 Å². The minimum atomic E-state index is -1.43. The van der Waals surface area contributed by atoms with Crippen LogP contribution >= 0.6 is 25.3 Å². The quantitative estimate of drug-likeness (QED) is 0.0337. The fourth-order valence-corrected chi connectivity index (χ4v) is 6.40. The maximum absolute atomic E-state index is 14.0. The third-order valence-corrected chi connectivity index (χ3v) is 9.84. The summed E-state index contributed by atoms with van der Waals surface area (Å²) in [5.74, 6) is -5.71. The van der Waals surface area contributed by atoms with Crippen molar-refractivity contribution in [3.63, 3.8) is 0 Å². The van der Waals surface area contributed by atoms with Crippen molar-refractivity contribution >= 4 is 77.5 Å². The van der Waals surface area contributed by atoms with Crippen molar-refractivity contribution in [1.82, 2.24) is 36.9 Å². The lowest BCUT2D eigenvalue weighted by molar-refractivity contribution is -0.134. The number of nitrogens with one attached hydrogen (secondary N) is 7. The van der Waals surface area contributed by atoms with Gasteiger partial charge in [-0.15, -0.1) is 0 Å². The molecule has 1 heterocycles. The van der Waals surface area contributed by atoms with Crippen molar-refractivity contribution in [3.05, 3.63) is 71.9 Å². The molecule has 7 atom stereocenters. The van der Waals surface area contributed by atoms with E-state index in [9.17, 15) is 38.7 Å². The van der Waals surface area contributed by atoms with E-state index in [0.29, 0.717) is 24.9 Å². The van der Waals surface area contributed by atoms with Crippen LogP contribution in [0.1, 0.15) is 37.3 Å². The van der Waals surface area contributed by atoms with Crippen LogP contribution in [0.15, 0.2) is 60.8 Å². The second-order valence-electron chi connectivity index (χ2n) is 13.7. The highest BCUT2D eigenvalue weighted by molar-refractivity contribution is 7.80. The number of hydrogen-bond donors (Lipinski definition) is 13. The number of carbonyl (C=O) groups is 7. The smallest absolute Gasteiger partial charge is 0.244 e. The van der Waals surface area contributed by atoms with Crippen molar-refractivity contribution in [2.75, 3.05) is 24.6 Å². The molecule has 0 saturated heterocycles. The van der Waals surface area contributed by atoms with Gasteiger partial charge in [0.25, 0.3) is 0 Å². The molecule has 0 spiro atoms. The molecule has 20 heteroatoms. The van der Waals surface area contributed by atoms with Crippen molar-refractivity contribution in [2.45, 2.75) is 81.4 Å². The van der Waals surface area contributed by atoms with Crippen molar-refractivity contribution in [1.29, 1.82) is 0 Å². The lowest BCUT2D eigenvalue weighted by atomic mass is 10.0. The first-order valence-corrected chi connectivity index (χ1v) is 20.0. The summed E-state index contributed by atoms with van der Waals surface area (Å²) in [5.41, 5.74) is 19.3. The zero-order valence-electron chi connectivity index (χ0n) is 32.1. The second-order valence-corrected chi connectivity index (χ2v) is 14.4. The molecule has 0 radical (unpaired) electrons. The number of rotatable bonds is 24. The average molecular weight is 843 g/mol. The Bertz CT molecular complexity index is 1860. The molecule has 1 aromatic heterocycles. The molecule has 58 heavy (non-hydrogen) atoms. The number of carbonyl (C=O) groups excluding carboxylic acids is 7.